The van der Waals surface area contributed by atoms with Crippen LogP contribution in [-0.4, -0.2) is 11.7 Å². The van der Waals surface area contributed by atoms with Crippen molar-refractivity contribution in [2.75, 3.05) is 7.11 Å². The average Bonchev–Trinajstić information content (AvgIpc) is 3.35. The number of benzene rings is 4. The van der Waals surface area contributed by atoms with Gasteiger partial charge >= 0.3 is 0 Å². The van der Waals surface area contributed by atoms with Crippen LogP contribution in [0.2, 0.25) is 10.0 Å². The second kappa shape index (κ2) is 11.5. The number of hydrogen-bond acceptors (Lipinski definition) is 5. The van der Waals surface area contributed by atoms with Gasteiger partial charge in [-0.1, -0.05) is 89.1 Å². The topological polar surface area (TPSA) is 52.8 Å². The van der Waals surface area contributed by atoms with Gasteiger partial charge in [0.15, 0.2) is 4.80 Å². The first-order valence-electron chi connectivity index (χ1n) is 13.9. The van der Waals surface area contributed by atoms with Crippen LogP contribution in [0.5, 0.6) is 11.5 Å². The van der Waals surface area contributed by atoms with Crippen molar-refractivity contribution in [3.05, 3.63) is 154 Å². The number of ether oxygens (including phenoxy) is 2. The summed E-state index contributed by atoms with van der Waals surface area (Å²) >= 11 is 13.6. The Kier molecular flexibility index (Phi) is 7.43. The highest BCUT2D eigenvalue weighted by Gasteiger charge is 2.32. The molecule has 0 bridgehead atoms. The number of hydrogen-bond donors (Lipinski definition) is 0. The van der Waals surface area contributed by atoms with Gasteiger partial charge < -0.3 is 9.47 Å². The predicted octanol–water partition coefficient (Wildman–Crippen LogP) is 7.21. The summed E-state index contributed by atoms with van der Waals surface area (Å²) in [7, 11) is 1.66. The molecule has 0 saturated heterocycles. The maximum absolute atomic E-state index is 14.0. The summed E-state index contributed by atoms with van der Waals surface area (Å²) < 4.78 is 13.8. The van der Waals surface area contributed by atoms with Crippen molar-refractivity contribution >= 4 is 46.3 Å². The Bertz CT molecular complexity index is 2060. The SMILES string of the molecule is COc1ccc([C@@H]2C3=C(N=c4s/c(=C\c5ccc(OCc6ccc(Cl)c(Cl)c6)cc5)c(=O)n42)c2ccccc2CC3)cc1. The molecule has 0 spiro atoms. The fraction of sp³-hybridized carbons (Fsp3) is 0.143. The van der Waals surface area contributed by atoms with Crippen molar-refractivity contribution in [2.45, 2.75) is 25.5 Å². The summed E-state index contributed by atoms with van der Waals surface area (Å²) in [5.41, 5.74) is 7.42. The van der Waals surface area contributed by atoms with Gasteiger partial charge in [-0.3, -0.25) is 9.36 Å². The second-order valence-electron chi connectivity index (χ2n) is 10.5. The van der Waals surface area contributed by atoms with Crippen LogP contribution in [0, 0.1) is 0 Å². The molecule has 0 unspecified atom stereocenters. The number of nitrogens with zero attached hydrogens (tertiary/aromatic N) is 2. The predicted molar refractivity (Wildman–Crippen MR) is 173 cm³/mol. The summed E-state index contributed by atoms with van der Waals surface area (Å²) in [6, 6.07) is 29.4. The minimum atomic E-state index is -0.232. The van der Waals surface area contributed by atoms with Gasteiger partial charge in [0.25, 0.3) is 5.56 Å². The van der Waals surface area contributed by atoms with Crippen LogP contribution >= 0.6 is 34.5 Å². The van der Waals surface area contributed by atoms with E-state index >= 15 is 0 Å². The van der Waals surface area contributed by atoms with E-state index in [0.717, 1.165) is 52.3 Å². The van der Waals surface area contributed by atoms with Crippen molar-refractivity contribution in [2.24, 2.45) is 4.99 Å². The van der Waals surface area contributed by atoms with Gasteiger partial charge in [-0.2, -0.15) is 0 Å². The lowest BCUT2D eigenvalue weighted by atomic mass is 9.83. The van der Waals surface area contributed by atoms with Crippen molar-refractivity contribution < 1.29 is 9.47 Å². The third-order valence-electron chi connectivity index (χ3n) is 7.87. The molecule has 1 aliphatic carbocycles. The first-order valence-corrected chi connectivity index (χ1v) is 15.5. The molecule has 0 saturated carbocycles. The molecule has 0 fully saturated rings. The molecule has 2 aliphatic rings. The first kappa shape index (κ1) is 27.7. The molecule has 5 aromatic rings. The molecule has 2 heterocycles. The van der Waals surface area contributed by atoms with Crippen molar-refractivity contribution in [3.8, 4) is 11.5 Å². The van der Waals surface area contributed by atoms with Crippen LogP contribution in [0.25, 0.3) is 11.8 Å². The number of allylic oxidation sites excluding steroid dienone is 1. The molecule has 1 atom stereocenters. The van der Waals surface area contributed by atoms with E-state index in [9.17, 15) is 4.79 Å². The van der Waals surface area contributed by atoms with Crippen molar-refractivity contribution in [3.63, 3.8) is 0 Å². The molecule has 0 amide bonds. The lowest BCUT2D eigenvalue weighted by Gasteiger charge is -2.30. The van der Waals surface area contributed by atoms with E-state index in [2.05, 4.69) is 24.3 Å². The molecule has 1 aliphatic heterocycles. The number of thiazole rings is 1. The number of aromatic nitrogens is 1. The number of methoxy groups -OCH3 is 1. The van der Waals surface area contributed by atoms with Crippen LogP contribution in [0.15, 0.2) is 106 Å². The van der Waals surface area contributed by atoms with Gasteiger partial charge in [0.2, 0.25) is 0 Å². The van der Waals surface area contributed by atoms with E-state index in [4.69, 9.17) is 37.7 Å². The van der Waals surface area contributed by atoms with Gasteiger partial charge in [0, 0.05) is 5.56 Å². The molecule has 1 aromatic heterocycles. The van der Waals surface area contributed by atoms with E-state index in [1.165, 1.54) is 22.5 Å². The fourth-order valence-electron chi connectivity index (χ4n) is 5.72. The molecule has 4 aromatic carbocycles. The normalized spacial score (nSPS) is 15.8. The largest absolute Gasteiger partial charge is 0.497 e. The van der Waals surface area contributed by atoms with Crippen LogP contribution in [0.1, 0.15) is 40.3 Å². The molecule has 43 heavy (non-hydrogen) atoms. The van der Waals surface area contributed by atoms with Crippen LogP contribution in [0.3, 0.4) is 0 Å². The lowest BCUT2D eigenvalue weighted by Crippen LogP contribution is -2.38. The number of aryl methyl sites for hydroxylation is 1. The standard InChI is InChI=1S/C35H26Cl2N2O3S/c1-41-25-14-9-24(10-15-25)33-28-16-11-23-4-2-3-5-27(23)32(28)38-35-39(33)34(40)31(43-35)19-21-6-12-26(13-7-21)42-20-22-8-17-29(36)30(37)18-22/h2-10,12-15,17-19,33H,11,16,20H2,1H3/b31-19-/t33-/m1/s1. The third kappa shape index (κ3) is 5.31. The van der Waals surface area contributed by atoms with Gasteiger partial charge in [0.05, 0.1) is 33.4 Å². The zero-order chi connectivity index (χ0) is 29.5. The zero-order valence-electron chi connectivity index (χ0n) is 23.2. The summed E-state index contributed by atoms with van der Waals surface area (Å²) in [6.07, 6.45) is 3.69. The van der Waals surface area contributed by atoms with Crippen molar-refractivity contribution in [1.82, 2.24) is 4.57 Å². The Morgan fingerprint density at radius 3 is 2.47 bits per heavy atom. The van der Waals surface area contributed by atoms with Gasteiger partial charge in [0.1, 0.15) is 18.1 Å². The maximum atomic E-state index is 14.0. The van der Waals surface area contributed by atoms with Crippen LogP contribution < -0.4 is 24.4 Å². The molecular formula is C35H26Cl2N2O3S. The summed E-state index contributed by atoms with van der Waals surface area (Å²) in [5, 5.41) is 1.01. The van der Waals surface area contributed by atoms with E-state index in [0.29, 0.717) is 26.0 Å². The van der Waals surface area contributed by atoms with Gasteiger partial charge in [-0.05, 0) is 83.1 Å². The minimum absolute atomic E-state index is 0.0464. The molecule has 0 N–H and O–H groups in total. The fourth-order valence-corrected chi connectivity index (χ4v) is 7.04. The Balaban J connectivity index is 1.25. The summed E-state index contributed by atoms with van der Waals surface area (Å²) in [4.78, 5) is 19.8. The van der Waals surface area contributed by atoms with Gasteiger partial charge in [-0.15, -0.1) is 0 Å². The van der Waals surface area contributed by atoms with Gasteiger partial charge in [-0.25, -0.2) is 4.99 Å². The third-order valence-corrected chi connectivity index (χ3v) is 9.59. The minimum Gasteiger partial charge on any atom is -0.497 e. The van der Waals surface area contributed by atoms with Crippen LogP contribution in [0.4, 0.5) is 0 Å². The number of fused-ring (bicyclic) bond motifs is 3. The monoisotopic (exact) mass is 624 g/mol. The Morgan fingerprint density at radius 1 is 0.930 bits per heavy atom. The van der Waals surface area contributed by atoms with Crippen LogP contribution in [-0.2, 0) is 13.0 Å². The lowest BCUT2D eigenvalue weighted by molar-refractivity contribution is 0.306. The Hall–Kier alpha value is -4.10. The molecule has 0 radical (unpaired) electrons. The highest BCUT2D eigenvalue weighted by atomic mass is 35.5. The number of rotatable bonds is 6. The smallest absolute Gasteiger partial charge is 0.271 e. The molecular weight excluding hydrogens is 599 g/mol. The maximum Gasteiger partial charge on any atom is 0.271 e. The highest BCUT2D eigenvalue weighted by molar-refractivity contribution is 7.07. The second-order valence-corrected chi connectivity index (χ2v) is 12.3. The summed E-state index contributed by atoms with van der Waals surface area (Å²) in [6.45, 7) is 0.369. The Morgan fingerprint density at radius 2 is 1.70 bits per heavy atom. The molecule has 5 nitrogen and oxygen atoms in total. The molecule has 214 valence electrons. The van der Waals surface area contributed by atoms with E-state index in [-0.39, 0.29) is 11.6 Å². The van der Waals surface area contributed by atoms with E-state index in [1.54, 1.807) is 19.2 Å². The molecule has 8 heteroatoms. The summed E-state index contributed by atoms with van der Waals surface area (Å²) in [5.74, 6) is 1.50. The zero-order valence-corrected chi connectivity index (χ0v) is 25.5. The highest BCUT2D eigenvalue weighted by Crippen LogP contribution is 2.41. The van der Waals surface area contributed by atoms with E-state index in [1.807, 2.05) is 65.2 Å². The average molecular weight is 626 g/mol. The first-order chi connectivity index (χ1) is 21.0. The van der Waals surface area contributed by atoms with E-state index < -0.39 is 0 Å². The Labute approximate surface area is 262 Å². The quantitative estimate of drug-likeness (QED) is 0.200. The number of halogens is 2. The molecule has 7 rings (SSSR count). The van der Waals surface area contributed by atoms with Crippen molar-refractivity contribution in [1.29, 1.82) is 0 Å².